The Balaban J connectivity index is 1.43. The number of alkyl halides is 1. The van der Waals surface area contributed by atoms with E-state index in [0.29, 0.717) is 30.1 Å². The van der Waals surface area contributed by atoms with E-state index in [1.807, 2.05) is 12.1 Å². The van der Waals surface area contributed by atoms with Crippen LogP contribution in [0.1, 0.15) is 31.6 Å². The molecule has 0 unspecified atom stereocenters. The number of amides is 1. The van der Waals surface area contributed by atoms with Crippen molar-refractivity contribution in [3.05, 3.63) is 36.6 Å². The number of aromatic nitrogens is 3. The number of halogens is 1. The van der Waals surface area contributed by atoms with Gasteiger partial charge in [0.25, 0.3) is 0 Å². The lowest BCUT2D eigenvalue weighted by atomic mass is 9.85. The lowest BCUT2D eigenvalue weighted by Crippen LogP contribution is -2.37. The molecule has 0 bridgehead atoms. The highest BCUT2D eigenvalue weighted by Gasteiger charge is 2.26. The van der Waals surface area contributed by atoms with Crippen LogP contribution in [0.3, 0.4) is 0 Å². The third kappa shape index (κ3) is 4.59. The largest absolute Gasteiger partial charge is 0.441 e. The molecule has 4 rings (SSSR count). The van der Waals surface area contributed by atoms with E-state index in [9.17, 15) is 9.18 Å². The Hall–Kier alpha value is -2.87. The number of aryl methyl sites for hydroxylation is 1. The highest BCUT2D eigenvalue weighted by molar-refractivity contribution is 5.94. The highest BCUT2D eigenvalue weighted by atomic mass is 19.1. The summed E-state index contributed by atoms with van der Waals surface area (Å²) in [6.07, 6.45) is 8.39. The fourth-order valence-electron chi connectivity index (χ4n) is 3.78. The Morgan fingerprint density at radius 3 is 2.69 bits per heavy atom. The number of pyridine rings is 2. The van der Waals surface area contributed by atoms with Crippen molar-refractivity contribution in [3.63, 3.8) is 0 Å². The summed E-state index contributed by atoms with van der Waals surface area (Å²) in [6, 6.07) is 4.07. The molecule has 1 amide bonds. The second kappa shape index (κ2) is 8.65. The van der Waals surface area contributed by atoms with Gasteiger partial charge in [-0.1, -0.05) is 0 Å². The molecule has 1 aliphatic rings. The number of hydrogen-bond acceptors (Lipinski definition) is 6. The van der Waals surface area contributed by atoms with Gasteiger partial charge in [-0.15, -0.1) is 0 Å². The normalized spacial score (nSPS) is 19.4. The molecule has 3 heterocycles. The smallest absolute Gasteiger partial charge is 0.228 e. The first-order chi connectivity index (χ1) is 14.1. The van der Waals surface area contributed by atoms with E-state index in [1.54, 1.807) is 25.5 Å². The summed E-state index contributed by atoms with van der Waals surface area (Å²) in [5.41, 5.74) is 1.56. The zero-order valence-electron chi connectivity index (χ0n) is 16.3. The van der Waals surface area contributed by atoms with Crippen molar-refractivity contribution < 1.29 is 13.6 Å². The molecule has 1 aliphatic carbocycles. The summed E-state index contributed by atoms with van der Waals surface area (Å²) < 4.78 is 17.8. The van der Waals surface area contributed by atoms with Crippen molar-refractivity contribution in [1.82, 2.24) is 20.3 Å². The quantitative estimate of drug-likeness (QED) is 0.660. The summed E-state index contributed by atoms with van der Waals surface area (Å²) in [5, 5.41) is 6.98. The van der Waals surface area contributed by atoms with E-state index < -0.39 is 0 Å². The fraction of sp³-hybridized carbons (Fsp3) is 0.429. The van der Waals surface area contributed by atoms with E-state index in [4.69, 9.17) is 4.42 Å². The van der Waals surface area contributed by atoms with Gasteiger partial charge in [-0.25, -0.2) is 14.4 Å². The average molecular weight is 397 g/mol. The van der Waals surface area contributed by atoms with Gasteiger partial charge in [0.2, 0.25) is 5.91 Å². The number of nitrogens with zero attached hydrogens (tertiary/aromatic N) is 3. The summed E-state index contributed by atoms with van der Waals surface area (Å²) in [4.78, 5) is 25.5. The summed E-state index contributed by atoms with van der Waals surface area (Å²) in [5.74, 6) is 1.69. The monoisotopic (exact) mass is 397 g/mol. The summed E-state index contributed by atoms with van der Waals surface area (Å²) in [6.45, 7) is 1.81. The van der Waals surface area contributed by atoms with Gasteiger partial charge in [0.05, 0.1) is 17.9 Å². The minimum absolute atomic E-state index is 0.0178. The van der Waals surface area contributed by atoms with E-state index in [-0.39, 0.29) is 18.5 Å². The standard InChI is InChI=1S/C21H24FN5O2/c1-13-24-12-19(29-13)16-8-15-9-20(26-11-18(15)25-10-16)27-21(28)14-2-4-17(5-3-14)23-7-6-22/h8-12,14,17,23H,2-7H2,1H3,(H,26,27,28). The van der Waals surface area contributed by atoms with Crippen molar-refractivity contribution in [2.75, 3.05) is 18.5 Å². The first kappa shape index (κ1) is 19.4. The van der Waals surface area contributed by atoms with E-state index in [2.05, 4.69) is 25.6 Å². The molecule has 8 heteroatoms. The molecule has 2 N–H and O–H groups in total. The Bertz CT molecular complexity index is 998. The first-order valence-corrected chi connectivity index (χ1v) is 9.91. The lowest BCUT2D eigenvalue weighted by Gasteiger charge is -2.28. The van der Waals surface area contributed by atoms with Gasteiger partial charge < -0.3 is 15.1 Å². The molecular weight excluding hydrogens is 373 g/mol. The van der Waals surface area contributed by atoms with Gasteiger partial charge in [0.15, 0.2) is 11.7 Å². The zero-order chi connectivity index (χ0) is 20.2. The van der Waals surface area contributed by atoms with E-state index in [0.717, 1.165) is 42.1 Å². The lowest BCUT2D eigenvalue weighted by molar-refractivity contribution is -0.120. The van der Waals surface area contributed by atoms with Crippen molar-refractivity contribution >= 4 is 22.6 Å². The molecule has 0 atom stereocenters. The second-order valence-electron chi connectivity index (χ2n) is 7.41. The highest BCUT2D eigenvalue weighted by Crippen LogP contribution is 2.27. The molecular formula is C21H24FN5O2. The maximum absolute atomic E-state index is 12.6. The van der Waals surface area contributed by atoms with Gasteiger partial charge in [-0.3, -0.25) is 9.78 Å². The number of rotatable bonds is 6. The molecule has 0 spiro atoms. The second-order valence-corrected chi connectivity index (χ2v) is 7.41. The molecule has 0 aliphatic heterocycles. The van der Waals surface area contributed by atoms with Gasteiger partial charge in [-0.05, 0) is 37.8 Å². The molecule has 152 valence electrons. The third-order valence-corrected chi connectivity index (χ3v) is 5.35. The van der Waals surface area contributed by atoms with Crippen LogP contribution >= 0.6 is 0 Å². The van der Waals surface area contributed by atoms with E-state index in [1.165, 1.54) is 0 Å². The molecule has 1 fully saturated rings. The summed E-state index contributed by atoms with van der Waals surface area (Å²) in [7, 11) is 0. The number of hydrogen-bond donors (Lipinski definition) is 2. The number of oxazole rings is 1. The van der Waals surface area contributed by atoms with Crippen LogP contribution in [0.15, 0.2) is 35.1 Å². The van der Waals surface area contributed by atoms with Crippen molar-refractivity contribution in [2.45, 2.75) is 38.6 Å². The maximum Gasteiger partial charge on any atom is 0.228 e. The number of anilines is 1. The van der Waals surface area contributed by atoms with Crippen molar-refractivity contribution in [3.8, 4) is 11.3 Å². The molecule has 7 nitrogen and oxygen atoms in total. The van der Waals surface area contributed by atoms with Crippen LogP contribution in [0.25, 0.3) is 22.2 Å². The Labute approximate surface area is 168 Å². The Morgan fingerprint density at radius 2 is 1.97 bits per heavy atom. The zero-order valence-corrected chi connectivity index (χ0v) is 16.3. The first-order valence-electron chi connectivity index (χ1n) is 9.91. The predicted octanol–water partition coefficient (Wildman–Crippen LogP) is 3.65. The van der Waals surface area contributed by atoms with Crippen LogP contribution in [-0.2, 0) is 4.79 Å². The van der Waals surface area contributed by atoms with Gasteiger partial charge in [0, 0.05) is 42.6 Å². The van der Waals surface area contributed by atoms with Crippen LogP contribution < -0.4 is 10.6 Å². The molecule has 0 saturated heterocycles. The van der Waals surface area contributed by atoms with Crippen molar-refractivity contribution in [1.29, 1.82) is 0 Å². The molecule has 1 saturated carbocycles. The number of carbonyl (C=O) groups is 1. The Kier molecular flexibility index (Phi) is 5.80. The molecule has 29 heavy (non-hydrogen) atoms. The molecule has 3 aromatic heterocycles. The number of fused-ring (bicyclic) bond motifs is 1. The van der Waals surface area contributed by atoms with E-state index >= 15 is 0 Å². The maximum atomic E-state index is 12.6. The predicted molar refractivity (Wildman–Crippen MR) is 108 cm³/mol. The molecule has 3 aromatic rings. The molecule has 0 aromatic carbocycles. The van der Waals surface area contributed by atoms with Crippen molar-refractivity contribution in [2.24, 2.45) is 5.92 Å². The topological polar surface area (TPSA) is 92.9 Å². The average Bonchev–Trinajstić information content (AvgIpc) is 3.18. The van der Waals surface area contributed by atoms with Gasteiger partial charge in [-0.2, -0.15) is 0 Å². The van der Waals surface area contributed by atoms with Crippen LogP contribution in [-0.4, -0.2) is 40.1 Å². The minimum atomic E-state index is -0.360. The number of nitrogens with one attached hydrogen (secondary N) is 2. The van der Waals surface area contributed by atoms with Crippen LogP contribution in [0.2, 0.25) is 0 Å². The Morgan fingerprint density at radius 1 is 1.14 bits per heavy atom. The van der Waals surface area contributed by atoms with Gasteiger partial charge >= 0.3 is 0 Å². The number of carbonyl (C=O) groups excluding carboxylic acids is 1. The summed E-state index contributed by atoms with van der Waals surface area (Å²) >= 11 is 0. The van der Waals surface area contributed by atoms with Crippen LogP contribution in [0, 0.1) is 12.8 Å². The third-order valence-electron chi connectivity index (χ3n) is 5.35. The molecule has 0 radical (unpaired) electrons. The van der Waals surface area contributed by atoms with Crippen LogP contribution in [0.4, 0.5) is 10.2 Å². The fourth-order valence-corrected chi connectivity index (χ4v) is 3.78. The van der Waals surface area contributed by atoms with Gasteiger partial charge in [0.1, 0.15) is 12.5 Å². The van der Waals surface area contributed by atoms with Crippen LogP contribution in [0.5, 0.6) is 0 Å². The minimum Gasteiger partial charge on any atom is -0.441 e. The SMILES string of the molecule is Cc1ncc(-c2cnc3cnc(NC(=O)C4CCC(NCCF)CC4)cc3c2)o1.